The van der Waals surface area contributed by atoms with Crippen molar-refractivity contribution in [1.29, 1.82) is 0 Å². The van der Waals surface area contributed by atoms with Crippen molar-refractivity contribution in [2.75, 3.05) is 18.5 Å². The maximum atomic E-state index is 14.2. The predicted octanol–water partition coefficient (Wildman–Crippen LogP) is 2.83. The molecule has 132 valence electrons. The van der Waals surface area contributed by atoms with Gasteiger partial charge in [-0.3, -0.25) is 9.69 Å². The quantitative estimate of drug-likeness (QED) is 0.810. The lowest BCUT2D eigenvalue weighted by molar-refractivity contribution is -0.135. The fraction of sp³-hybridized carbons (Fsp3) is 0.500. The molecule has 1 aliphatic rings. The summed E-state index contributed by atoms with van der Waals surface area (Å²) >= 11 is 3.14. The number of benzene rings is 1. The van der Waals surface area contributed by atoms with Crippen LogP contribution in [0.4, 0.5) is 14.9 Å². The van der Waals surface area contributed by atoms with Gasteiger partial charge in [-0.1, -0.05) is 15.9 Å². The van der Waals surface area contributed by atoms with E-state index in [4.69, 9.17) is 5.11 Å². The van der Waals surface area contributed by atoms with E-state index >= 15 is 0 Å². The third-order valence-corrected chi connectivity index (χ3v) is 4.73. The van der Waals surface area contributed by atoms with Gasteiger partial charge in [0.1, 0.15) is 12.4 Å². The van der Waals surface area contributed by atoms with Crippen LogP contribution in [0, 0.1) is 5.82 Å². The highest BCUT2D eigenvalue weighted by molar-refractivity contribution is 9.10. The maximum absolute atomic E-state index is 14.2. The summed E-state index contributed by atoms with van der Waals surface area (Å²) in [6, 6.07) is 3.45. The van der Waals surface area contributed by atoms with Crippen LogP contribution in [0.25, 0.3) is 0 Å². The fourth-order valence-electron chi connectivity index (χ4n) is 2.88. The van der Waals surface area contributed by atoms with E-state index in [9.17, 15) is 19.1 Å². The van der Waals surface area contributed by atoms with Crippen molar-refractivity contribution in [2.24, 2.45) is 0 Å². The Morgan fingerprint density at radius 2 is 1.92 bits per heavy atom. The van der Waals surface area contributed by atoms with Gasteiger partial charge in [0.2, 0.25) is 0 Å². The third-order valence-electron chi connectivity index (χ3n) is 4.24. The molecule has 0 unspecified atom stereocenters. The number of hydrogen-bond acceptors (Lipinski definition) is 3. The van der Waals surface area contributed by atoms with Crippen LogP contribution in [0.15, 0.2) is 22.7 Å². The molecule has 24 heavy (non-hydrogen) atoms. The smallest absolute Gasteiger partial charge is 0.325 e. The minimum absolute atomic E-state index is 0.0757. The Kier molecular flexibility index (Phi) is 6.17. The first-order valence-electron chi connectivity index (χ1n) is 7.69. The van der Waals surface area contributed by atoms with Gasteiger partial charge in [-0.05, 0) is 43.9 Å². The summed E-state index contributed by atoms with van der Waals surface area (Å²) in [5.74, 6) is -1.90. The van der Waals surface area contributed by atoms with Crippen LogP contribution in [0.1, 0.15) is 25.7 Å². The molecule has 1 saturated carbocycles. The lowest BCUT2D eigenvalue weighted by atomic mass is 9.92. The van der Waals surface area contributed by atoms with E-state index in [1.165, 1.54) is 17.0 Å². The highest BCUT2D eigenvalue weighted by Crippen LogP contribution is 2.27. The zero-order valence-corrected chi connectivity index (χ0v) is 14.9. The van der Waals surface area contributed by atoms with Gasteiger partial charge in [-0.2, -0.15) is 0 Å². The first-order chi connectivity index (χ1) is 11.3. The molecule has 1 fully saturated rings. The summed E-state index contributed by atoms with van der Waals surface area (Å²) in [5, 5.41) is 18.7. The van der Waals surface area contributed by atoms with Gasteiger partial charge >= 0.3 is 12.0 Å². The number of carboxylic acids is 1. The third kappa shape index (κ3) is 4.45. The molecule has 0 heterocycles. The van der Waals surface area contributed by atoms with Crippen LogP contribution in [0.2, 0.25) is 0 Å². The van der Waals surface area contributed by atoms with Gasteiger partial charge in [0, 0.05) is 17.6 Å². The summed E-state index contributed by atoms with van der Waals surface area (Å²) in [6.07, 6.45) is 2.09. The van der Waals surface area contributed by atoms with Crippen LogP contribution < -0.4 is 4.90 Å². The number of halogens is 2. The molecular weight excluding hydrogens is 383 g/mol. The minimum atomic E-state index is -1.22. The second-order valence-electron chi connectivity index (χ2n) is 5.93. The van der Waals surface area contributed by atoms with E-state index in [0.717, 1.165) is 4.90 Å². The van der Waals surface area contributed by atoms with Crippen molar-refractivity contribution in [1.82, 2.24) is 4.90 Å². The number of hydrogen-bond donors (Lipinski definition) is 2. The van der Waals surface area contributed by atoms with Crippen LogP contribution in [0.5, 0.6) is 0 Å². The normalized spacial score (nSPS) is 20.5. The average Bonchev–Trinajstić information content (AvgIpc) is 2.52. The Morgan fingerprint density at radius 3 is 2.46 bits per heavy atom. The summed E-state index contributed by atoms with van der Waals surface area (Å²) < 4.78 is 14.7. The Hall–Kier alpha value is -1.67. The van der Waals surface area contributed by atoms with Gasteiger partial charge in [0.25, 0.3) is 0 Å². The number of aliphatic hydroxyl groups excluding tert-OH is 1. The Labute approximate surface area is 148 Å². The second kappa shape index (κ2) is 7.94. The first-order valence-corrected chi connectivity index (χ1v) is 8.48. The maximum Gasteiger partial charge on any atom is 0.325 e. The lowest BCUT2D eigenvalue weighted by Crippen LogP contribution is -2.49. The lowest BCUT2D eigenvalue weighted by Gasteiger charge is -2.36. The van der Waals surface area contributed by atoms with Crippen molar-refractivity contribution in [3.05, 3.63) is 28.5 Å². The zero-order chi connectivity index (χ0) is 17.9. The largest absolute Gasteiger partial charge is 0.480 e. The van der Waals surface area contributed by atoms with Crippen LogP contribution >= 0.6 is 15.9 Å². The van der Waals surface area contributed by atoms with Crippen molar-refractivity contribution in [2.45, 2.75) is 37.8 Å². The molecule has 1 aromatic rings. The molecule has 0 saturated heterocycles. The number of urea groups is 1. The molecule has 8 heteroatoms. The van der Waals surface area contributed by atoms with Crippen LogP contribution in [-0.2, 0) is 4.79 Å². The fourth-order valence-corrected chi connectivity index (χ4v) is 3.22. The molecule has 2 N–H and O–H groups in total. The van der Waals surface area contributed by atoms with E-state index in [2.05, 4.69) is 15.9 Å². The highest BCUT2D eigenvalue weighted by Gasteiger charge is 2.31. The van der Waals surface area contributed by atoms with Crippen LogP contribution in [-0.4, -0.2) is 52.9 Å². The predicted molar refractivity (Wildman–Crippen MR) is 90.5 cm³/mol. The van der Waals surface area contributed by atoms with Gasteiger partial charge < -0.3 is 15.1 Å². The summed E-state index contributed by atoms with van der Waals surface area (Å²) in [5.41, 5.74) is -0.0757. The van der Waals surface area contributed by atoms with E-state index in [0.29, 0.717) is 30.2 Å². The van der Waals surface area contributed by atoms with Crippen LogP contribution in [0.3, 0.4) is 0 Å². The topological polar surface area (TPSA) is 81.1 Å². The molecule has 0 radical (unpaired) electrons. The summed E-state index contributed by atoms with van der Waals surface area (Å²) in [7, 11) is 1.58. The number of carbonyl (C=O) groups excluding carboxylic acids is 1. The van der Waals surface area contributed by atoms with Gasteiger partial charge in [-0.15, -0.1) is 0 Å². The molecule has 1 aliphatic carbocycles. The van der Waals surface area contributed by atoms with E-state index < -0.39 is 24.4 Å². The first kappa shape index (κ1) is 18.7. The molecule has 0 aromatic heterocycles. The highest BCUT2D eigenvalue weighted by atomic mass is 79.9. The molecule has 0 atom stereocenters. The van der Waals surface area contributed by atoms with Crippen molar-refractivity contribution < 1.29 is 24.2 Å². The van der Waals surface area contributed by atoms with E-state index in [-0.39, 0.29) is 17.8 Å². The molecule has 0 bridgehead atoms. The number of rotatable bonds is 4. The number of nitrogens with zero attached hydrogens (tertiary/aromatic N) is 2. The Balaban J connectivity index is 2.23. The SMILES string of the molecule is CN(C(=O)N(CC(=O)O)c1ccc(Br)cc1F)C1CCC(O)CC1. The minimum Gasteiger partial charge on any atom is -0.480 e. The summed E-state index contributed by atoms with van der Waals surface area (Å²) in [4.78, 5) is 26.2. The van der Waals surface area contributed by atoms with Gasteiger partial charge in [0.05, 0.1) is 11.8 Å². The number of aliphatic hydroxyl groups is 1. The monoisotopic (exact) mass is 402 g/mol. The zero-order valence-electron chi connectivity index (χ0n) is 13.3. The van der Waals surface area contributed by atoms with Gasteiger partial charge in [-0.25, -0.2) is 9.18 Å². The van der Waals surface area contributed by atoms with Crippen molar-refractivity contribution in [3.8, 4) is 0 Å². The van der Waals surface area contributed by atoms with E-state index in [1.54, 1.807) is 13.1 Å². The Morgan fingerprint density at radius 1 is 1.29 bits per heavy atom. The standard InChI is InChI=1S/C16H20BrFN2O4/c1-19(11-3-5-12(21)6-4-11)16(24)20(9-15(22)23)14-7-2-10(17)8-13(14)18/h2,7-8,11-12,21H,3-6,9H2,1H3,(H,22,23). The van der Waals surface area contributed by atoms with Crippen molar-refractivity contribution >= 4 is 33.6 Å². The molecule has 6 nitrogen and oxygen atoms in total. The molecule has 1 aromatic carbocycles. The summed E-state index contributed by atoms with van der Waals surface area (Å²) in [6.45, 7) is -0.628. The Bertz CT molecular complexity index is 620. The van der Waals surface area contributed by atoms with Crippen molar-refractivity contribution in [3.63, 3.8) is 0 Å². The molecular formula is C16H20BrFN2O4. The molecule has 2 rings (SSSR count). The van der Waals surface area contributed by atoms with E-state index in [1.807, 2.05) is 0 Å². The number of carbonyl (C=O) groups is 2. The number of anilines is 1. The van der Waals surface area contributed by atoms with Gasteiger partial charge in [0.15, 0.2) is 0 Å². The average molecular weight is 403 g/mol. The number of aliphatic carboxylic acids is 1. The number of amides is 2. The number of carboxylic acid groups (broad SMARTS) is 1. The molecule has 0 spiro atoms. The molecule has 0 aliphatic heterocycles. The molecule has 2 amide bonds. The second-order valence-corrected chi connectivity index (χ2v) is 6.85.